The predicted molar refractivity (Wildman–Crippen MR) is 131 cm³/mol. The molecule has 39 heavy (non-hydrogen) atoms. The Kier molecular flexibility index (Phi) is 7.53. The number of aliphatic hydroxyl groups excluding tert-OH is 5. The van der Waals surface area contributed by atoms with Gasteiger partial charge in [0.15, 0.2) is 35.0 Å². The Hall–Kier alpha value is -3.59. The molecule has 5 rings (SSSR count). The number of benzene rings is 2. The Morgan fingerprint density at radius 3 is 2.15 bits per heavy atom. The van der Waals surface area contributed by atoms with Crippen LogP contribution in [0.2, 0.25) is 0 Å². The van der Waals surface area contributed by atoms with Crippen molar-refractivity contribution in [2.45, 2.75) is 42.9 Å². The van der Waals surface area contributed by atoms with Gasteiger partial charge < -0.3 is 58.4 Å². The van der Waals surface area contributed by atoms with Crippen molar-refractivity contribution in [3.8, 4) is 28.7 Å². The summed E-state index contributed by atoms with van der Waals surface area (Å²) in [6.07, 6.45) is -9.32. The van der Waals surface area contributed by atoms with Gasteiger partial charge in [-0.25, -0.2) is 4.79 Å². The van der Waals surface area contributed by atoms with Crippen molar-refractivity contribution >= 4 is 11.0 Å². The Balaban J connectivity index is 1.52. The highest BCUT2D eigenvalue weighted by Gasteiger charge is 2.45. The van der Waals surface area contributed by atoms with Crippen molar-refractivity contribution in [2.24, 2.45) is 0 Å². The average molecular weight is 548 g/mol. The second-order valence-corrected chi connectivity index (χ2v) is 9.01. The molecule has 0 amide bonds. The lowest BCUT2D eigenvalue weighted by atomic mass is 9.99. The van der Waals surface area contributed by atoms with E-state index in [2.05, 4.69) is 0 Å². The smallest absolute Gasteiger partial charge is 0.336 e. The maximum absolute atomic E-state index is 11.9. The first kappa shape index (κ1) is 27.0. The molecule has 5 N–H and O–H groups in total. The first-order valence-corrected chi connectivity index (χ1v) is 12.0. The van der Waals surface area contributed by atoms with Gasteiger partial charge >= 0.3 is 5.63 Å². The Morgan fingerprint density at radius 2 is 1.51 bits per heavy atom. The van der Waals surface area contributed by atoms with Crippen LogP contribution in [0.5, 0.6) is 28.7 Å². The largest absolute Gasteiger partial charge is 0.493 e. The Morgan fingerprint density at radius 1 is 0.846 bits per heavy atom. The number of fused-ring (bicyclic) bond motifs is 3. The zero-order valence-electron chi connectivity index (χ0n) is 20.9. The van der Waals surface area contributed by atoms with Crippen molar-refractivity contribution in [1.29, 1.82) is 0 Å². The molecule has 2 aliphatic heterocycles. The van der Waals surface area contributed by atoms with Crippen molar-refractivity contribution in [3.63, 3.8) is 0 Å². The summed E-state index contributed by atoms with van der Waals surface area (Å²) in [6.45, 7) is -1.05. The van der Waals surface area contributed by atoms with E-state index in [9.17, 15) is 30.3 Å². The molecule has 1 saturated heterocycles. The standard InChI is InChI=1S/C26H28O13/c1-33-14-7-12(8-15(34-2)24(14)39-26-21(32)20(31)19(30)16(9-27)36-26)22-17(10-28)35-13-5-3-11-4-6-18(29)37-23(11)25(13)38-22/h3-8,16-17,19-22,26-28,30-32H,9-10H2,1-2H3. The van der Waals surface area contributed by atoms with Gasteiger partial charge in [0.2, 0.25) is 17.8 Å². The Bertz CT molecular complexity index is 1360. The highest BCUT2D eigenvalue weighted by atomic mass is 16.7. The van der Waals surface area contributed by atoms with Crippen LogP contribution in [0.15, 0.2) is 45.6 Å². The maximum Gasteiger partial charge on any atom is 0.336 e. The zero-order valence-corrected chi connectivity index (χ0v) is 20.9. The van der Waals surface area contributed by atoms with E-state index in [0.717, 1.165) is 0 Å². The first-order chi connectivity index (χ1) is 18.8. The maximum atomic E-state index is 11.9. The van der Waals surface area contributed by atoms with Gasteiger partial charge in [0.25, 0.3) is 0 Å². The SMILES string of the molecule is COc1cc(C2Oc3c(ccc4ccc(=O)oc34)OC2CO)cc(OC)c1OC1OC(CO)C(O)C(O)C1O. The molecule has 0 bridgehead atoms. The molecular formula is C26H28O13. The Labute approximate surface area is 221 Å². The molecule has 2 aliphatic rings. The van der Waals surface area contributed by atoms with Crippen LogP contribution in [-0.2, 0) is 4.74 Å². The van der Waals surface area contributed by atoms with Gasteiger partial charge in [-0.2, -0.15) is 0 Å². The lowest BCUT2D eigenvalue weighted by Gasteiger charge is -2.39. The molecule has 0 radical (unpaired) electrons. The summed E-state index contributed by atoms with van der Waals surface area (Å²) in [7, 11) is 2.72. The third-order valence-corrected chi connectivity index (χ3v) is 6.64. The summed E-state index contributed by atoms with van der Waals surface area (Å²) in [4.78, 5) is 11.9. The number of methoxy groups -OCH3 is 2. The highest BCUT2D eigenvalue weighted by molar-refractivity contribution is 5.85. The second kappa shape index (κ2) is 10.9. The third-order valence-electron chi connectivity index (χ3n) is 6.64. The van der Waals surface area contributed by atoms with Crippen molar-refractivity contribution < 1.29 is 58.4 Å². The van der Waals surface area contributed by atoms with E-state index < -0.39 is 61.8 Å². The van der Waals surface area contributed by atoms with Crippen LogP contribution in [-0.4, -0.2) is 89.8 Å². The van der Waals surface area contributed by atoms with E-state index >= 15 is 0 Å². The minimum absolute atomic E-state index is 0.0118. The second-order valence-electron chi connectivity index (χ2n) is 9.01. The molecule has 1 fully saturated rings. The van der Waals surface area contributed by atoms with Crippen LogP contribution < -0.4 is 29.3 Å². The van der Waals surface area contributed by atoms with Crippen LogP contribution in [0.3, 0.4) is 0 Å². The van der Waals surface area contributed by atoms with Gasteiger partial charge in [-0.15, -0.1) is 0 Å². The monoisotopic (exact) mass is 548 g/mol. The third kappa shape index (κ3) is 4.84. The lowest BCUT2D eigenvalue weighted by molar-refractivity contribution is -0.277. The molecule has 0 aliphatic carbocycles. The summed E-state index contributed by atoms with van der Waals surface area (Å²) < 4.78 is 39.8. The zero-order chi connectivity index (χ0) is 27.8. The van der Waals surface area contributed by atoms with Crippen LogP contribution in [0.4, 0.5) is 0 Å². The van der Waals surface area contributed by atoms with Gasteiger partial charge in [0, 0.05) is 17.0 Å². The molecule has 3 heterocycles. The molecule has 2 aromatic carbocycles. The molecule has 0 saturated carbocycles. The number of hydrogen-bond donors (Lipinski definition) is 5. The number of rotatable bonds is 7. The first-order valence-electron chi connectivity index (χ1n) is 12.0. The summed E-state index contributed by atoms with van der Waals surface area (Å²) in [5.74, 6) is 0.670. The van der Waals surface area contributed by atoms with E-state index in [0.29, 0.717) is 10.9 Å². The van der Waals surface area contributed by atoms with Gasteiger partial charge in [-0.1, -0.05) is 0 Å². The highest BCUT2D eigenvalue weighted by Crippen LogP contribution is 2.47. The number of hydrogen-bond acceptors (Lipinski definition) is 13. The fourth-order valence-corrected chi connectivity index (χ4v) is 4.60. The van der Waals surface area contributed by atoms with Crippen molar-refractivity contribution in [2.75, 3.05) is 27.4 Å². The molecule has 210 valence electrons. The van der Waals surface area contributed by atoms with Gasteiger partial charge in [-0.3, -0.25) is 0 Å². The number of ether oxygens (including phenoxy) is 6. The molecular weight excluding hydrogens is 520 g/mol. The average Bonchev–Trinajstić information content (AvgIpc) is 2.96. The lowest BCUT2D eigenvalue weighted by Crippen LogP contribution is -2.60. The van der Waals surface area contributed by atoms with E-state index in [-0.39, 0.29) is 34.3 Å². The normalized spacial score (nSPS) is 28.2. The summed E-state index contributed by atoms with van der Waals surface area (Å²) in [5.41, 5.74) is 0.0473. The summed E-state index contributed by atoms with van der Waals surface area (Å²) in [6, 6.07) is 9.29. The predicted octanol–water partition coefficient (Wildman–Crippen LogP) is -0.138. The van der Waals surface area contributed by atoms with Gasteiger partial charge in [-0.05, 0) is 30.3 Å². The van der Waals surface area contributed by atoms with E-state index in [1.54, 1.807) is 18.2 Å². The molecule has 7 atom stereocenters. The van der Waals surface area contributed by atoms with Gasteiger partial charge in [0.1, 0.15) is 24.4 Å². The summed E-state index contributed by atoms with van der Waals surface area (Å²) in [5, 5.41) is 50.8. The quantitative estimate of drug-likeness (QED) is 0.246. The topological polar surface area (TPSA) is 187 Å². The molecule has 3 aromatic rings. The number of aliphatic hydroxyl groups is 5. The molecule has 7 unspecified atom stereocenters. The fraction of sp³-hybridized carbons (Fsp3) is 0.423. The van der Waals surface area contributed by atoms with E-state index in [1.807, 2.05) is 0 Å². The van der Waals surface area contributed by atoms with Crippen LogP contribution in [0.1, 0.15) is 11.7 Å². The van der Waals surface area contributed by atoms with E-state index in [1.165, 1.54) is 32.4 Å². The molecule has 1 aromatic heterocycles. The fourth-order valence-electron chi connectivity index (χ4n) is 4.60. The van der Waals surface area contributed by atoms with Crippen molar-refractivity contribution in [3.05, 3.63) is 52.4 Å². The molecule has 13 heteroatoms. The molecule has 13 nitrogen and oxygen atoms in total. The molecule has 0 spiro atoms. The van der Waals surface area contributed by atoms with Crippen LogP contribution >= 0.6 is 0 Å². The van der Waals surface area contributed by atoms with Crippen molar-refractivity contribution in [1.82, 2.24) is 0 Å². The van der Waals surface area contributed by atoms with Crippen LogP contribution in [0.25, 0.3) is 11.0 Å². The van der Waals surface area contributed by atoms with Gasteiger partial charge in [0.05, 0.1) is 27.4 Å². The van der Waals surface area contributed by atoms with E-state index in [4.69, 9.17) is 32.8 Å². The minimum atomic E-state index is -1.66. The van der Waals surface area contributed by atoms with Crippen LogP contribution in [0, 0.1) is 0 Å². The minimum Gasteiger partial charge on any atom is -0.493 e. The summed E-state index contributed by atoms with van der Waals surface area (Å²) >= 11 is 0.